The summed E-state index contributed by atoms with van der Waals surface area (Å²) < 4.78 is 40.1. The summed E-state index contributed by atoms with van der Waals surface area (Å²) in [5.74, 6) is -1.06. The first-order valence-electron chi connectivity index (χ1n) is 7.91. The summed E-state index contributed by atoms with van der Waals surface area (Å²) in [6.45, 7) is 0.255. The van der Waals surface area contributed by atoms with E-state index in [2.05, 4.69) is 20.0 Å². The first kappa shape index (κ1) is 20.3. The topological polar surface area (TPSA) is 101 Å². The van der Waals surface area contributed by atoms with Crippen LogP contribution in [0.2, 0.25) is 5.02 Å². The number of carbonyl (C=O) groups excluding carboxylic acids is 1. The molecule has 28 heavy (non-hydrogen) atoms. The Morgan fingerprint density at radius 1 is 1.18 bits per heavy atom. The number of sulfonamides is 1. The number of halogens is 2. The number of pyridine rings is 1. The third kappa shape index (κ3) is 5.10. The van der Waals surface area contributed by atoms with Gasteiger partial charge in [0.2, 0.25) is 10.0 Å². The molecule has 0 bridgehead atoms. The smallest absolute Gasteiger partial charge is 0.270 e. The summed E-state index contributed by atoms with van der Waals surface area (Å²) in [4.78, 5) is 20.0. The molecule has 0 aliphatic heterocycles. The molecule has 3 aromatic rings. The molecule has 2 heterocycles. The zero-order valence-electron chi connectivity index (χ0n) is 14.2. The van der Waals surface area contributed by atoms with E-state index in [0.717, 1.165) is 23.2 Å². The van der Waals surface area contributed by atoms with Crippen molar-refractivity contribution >= 4 is 38.9 Å². The lowest BCUT2D eigenvalue weighted by Gasteiger charge is -2.08. The van der Waals surface area contributed by atoms with E-state index < -0.39 is 15.8 Å². The average molecular weight is 441 g/mol. The van der Waals surface area contributed by atoms with E-state index in [1.54, 1.807) is 12.3 Å². The normalized spacial score (nSPS) is 11.4. The molecule has 2 N–H and O–H groups in total. The molecular weight excluding hydrogens is 427 g/mol. The number of aromatic nitrogens is 2. The Kier molecular flexibility index (Phi) is 6.35. The minimum Gasteiger partial charge on any atom is -0.344 e. The van der Waals surface area contributed by atoms with Crippen LogP contribution in [-0.2, 0) is 23.1 Å². The van der Waals surface area contributed by atoms with Crippen LogP contribution < -0.4 is 10.0 Å². The summed E-state index contributed by atoms with van der Waals surface area (Å²) in [5, 5.41) is 5.01. The molecule has 0 radical (unpaired) electrons. The molecule has 3 rings (SSSR count). The lowest BCUT2D eigenvalue weighted by atomic mass is 10.2. The molecular formula is C17H14ClFN4O3S2. The Morgan fingerprint density at radius 3 is 2.64 bits per heavy atom. The van der Waals surface area contributed by atoms with E-state index in [4.69, 9.17) is 11.6 Å². The van der Waals surface area contributed by atoms with Crippen molar-refractivity contribution in [1.29, 1.82) is 0 Å². The van der Waals surface area contributed by atoms with Crippen molar-refractivity contribution in [1.82, 2.24) is 20.0 Å². The van der Waals surface area contributed by atoms with Gasteiger partial charge in [-0.2, -0.15) is 0 Å². The van der Waals surface area contributed by atoms with Crippen LogP contribution in [0.5, 0.6) is 0 Å². The van der Waals surface area contributed by atoms with Crippen LogP contribution in [0.25, 0.3) is 0 Å². The number of carbonyl (C=O) groups is 1. The fourth-order valence-electron chi connectivity index (χ4n) is 2.16. The zero-order chi connectivity index (χ0) is 20.1. The predicted molar refractivity (Wildman–Crippen MR) is 103 cm³/mol. The minimum atomic E-state index is -3.87. The van der Waals surface area contributed by atoms with E-state index in [0.29, 0.717) is 12.1 Å². The highest BCUT2D eigenvalue weighted by Gasteiger charge is 2.16. The maximum absolute atomic E-state index is 13.2. The van der Waals surface area contributed by atoms with Gasteiger partial charge in [-0.15, -0.1) is 11.3 Å². The van der Waals surface area contributed by atoms with E-state index in [1.807, 2.05) is 5.38 Å². The van der Waals surface area contributed by atoms with Gasteiger partial charge in [0, 0.05) is 24.3 Å². The van der Waals surface area contributed by atoms with Gasteiger partial charge >= 0.3 is 0 Å². The molecule has 11 heteroatoms. The second kappa shape index (κ2) is 8.74. The van der Waals surface area contributed by atoms with Gasteiger partial charge in [0.15, 0.2) is 0 Å². The number of rotatable bonds is 7. The largest absolute Gasteiger partial charge is 0.344 e. The monoisotopic (exact) mass is 440 g/mol. The molecule has 0 atom stereocenters. The van der Waals surface area contributed by atoms with Crippen molar-refractivity contribution in [2.75, 3.05) is 0 Å². The number of nitrogens with one attached hydrogen (secondary N) is 2. The van der Waals surface area contributed by atoms with Crippen LogP contribution in [0.15, 0.2) is 53.0 Å². The summed E-state index contributed by atoms with van der Waals surface area (Å²) in [7, 11) is -3.87. The SMILES string of the molecule is O=C(NCc1nccs1)c1ccc(CNS(=O)(=O)c2ccc(F)c(Cl)c2)cn1. The number of amides is 1. The van der Waals surface area contributed by atoms with Gasteiger partial charge in [0.25, 0.3) is 5.91 Å². The Labute approximate surface area is 169 Å². The quantitative estimate of drug-likeness (QED) is 0.588. The lowest BCUT2D eigenvalue weighted by molar-refractivity contribution is 0.0946. The number of benzene rings is 1. The van der Waals surface area contributed by atoms with Gasteiger partial charge in [0.1, 0.15) is 16.5 Å². The van der Waals surface area contributed by atoms with E-state index in [9.17, 15) is 17.6 Å². The molecule has 0 saturated carbocycles. The van der Waals surface area contributed by atoms with Crippen molar-refractivity contribution in [3.63, 3.8) is 0 Å². The number of nitrogens with zero attached hydrogens (tertiary/aromatic N) is 2. The van der Waals surface area contributed by atoms with Crippen LogP contribution in [0.4, 0.5) is 4.39 Å². The fraction of sp³-hybridized carbons (Fsp3) is 0.118. The van der Waals surface area contributed by atoms with Crippen LogP contribution in [0.3, 0.4) is 0 Å². The Hall–Kier alpha value is -2.40. The standard InChI is InChI=1S/C17H14ClFN4O3S2/c18-13-7-12(2-3-14(13)19)28(25,26)23-9-11-1-4-15(21-8-11)17(24)22-10-16-20-5-6-27-16/h1-8,23H,9-10H2,(H,22,24). The van der Waals surface area contributed by atoms with Gasteiger partial charge in [0.05, 0.1) is 16.5 Å². The molecule has 0 unspecified atom stereocenters. The molecule has 1 aromatic carbocycles. The Morgan fingerprint density at radius 2 is 2.00 bits per heavy atom. The summed E-state index contributed by atoms with van der Waals surface area (Å²) in [5.41, 5.74) is 0.752. The highest BCUT2D eigenvalue weighted by molar-refractivity contribution is 7.89. The Balaban J connectivity index is 1.59. The molecule has 0 aliphatic carbocycles. The maximum atomic E-state index is 13.2. The van der Waals surface area contributed by atoms with Gasteiger partial charge in [-0.25, -0.2) is 22.5 Å². The van der Waals surface area contributed by atoms with Crippen LogP contribution in [0.1, 0.15) is 21.1 Å². The van der Waals surface area contributed by atoms with Gasteiger partial charge < -0.3 is 5.32 Å². The number of hydrogen-bond donors (Lipinski definition) is 2. The molecule has 0 spiro atoms. The second-order valence-corrected chi connectivity index (χ2v) is 8.71. The Bertz CT molecular complexity index is 1070. The molecule has 1 amide bonds. The first-order chi connectivity index (χ1) is 13.3. The van der Waals surface area contributed by atoms with E-state index in [-0.39, 0.29) is 28.1 Å². The van der Waals surface area contributed by atoms with Crippen molar-refractivity contribution in [3.8, 4) is 0 Å². The van der Waals surface area contributed by atoms with Crippen LogP contribution in [-0.4, -0.2) is 24.3 Å². The number of hydrogen-bond acceptors (Lipinski definition) is 6. The van der Waals surface area contributed by atoms with Crippen molar-refractivity contribution in [2.24, 2.45) is 0 Å². The molecule has 0 fully saturated rings. The molecule has 2 aromatic heterocycles. The predicted octanol–water partition coefficient (Wildman–Crippen LogP) is 2.74. The van der Waals surface area contributed by atoms with Crippen molar-refractivity contribution < 1.29 is 17.6 Å². The molecule has 0 saturated heterocycles. The summed E-state index contributed by atoms with van der Waals surface area (Å²) in [6, 6.07) is 6.23. The maximum Gasteiger partial charge on any atom is 0.270 e. The lowest BCUT2D eigenvalue weighted by Crippen LogP contribution is -2.25. The number of thiazole rings is 1. The molecule has 0 aliphatic rings. The second-order valence-electron chi connectivity index (χ2n) is 5.56. The van der Waals surface area contributed by atoms with Crippen LogP contribution >= 0.6 is 22.9 Å². The van der Waals surface area contributed by atoms with Crippen molar-refractivity contribution in [3.05, 3.63) is 75.2 Å². The van der Waals surface area contributed by atoms with Crippen molar-refractivity contribution in [2.45, 2.75) is 18.0 Å². The zero-order valence-corrected chi connectivity index (χ0v) is 16.6. The summed E-state index contributed by atoms with van der Waals surface area (Å²) >= 11 is 7.05. The average Bonchev–Trinajstić information content (AvgIpc) is 3.20. The summed E-state index contributed by atoms with van der Waals surface area (Å²) in [6.07, 6.45) is 3.05. The van der Waals surface area contributed by atoms with Gasteiger partial charge in [-0.05, 0) is 29.8 Å². The van der Waals surface area contributed by atoms with Gasteiger partial charge in [-0.3, -0.25) is 9.78 Å². The van der Waals surface area contributed by atoms with Gasteiger partial charge in [-0.1, -0.05) is 17.7 Å². The van der Waals surface area contributed by atoms with E-state index >= 15 is 0 Å². The molecule has 146 valence electrons. The minimum absolute atomic E-state index is 0.0503. The van der Waals surface area contributed by atoms with Crippen LogP contribution in [0, 0.1) is 5.82 Å². The molecule has 7 nitrogen and oxygen atoms in total. The fourth-order valence-corrected chi connectivity index (χ4v) is 4.00. The highest BCUT2D eigenvalue weighted by atomic mass is 35.5. The van der Waals surface area contributed by atoms with E-state index in [1.165, 1.54) is 23.6 Å². The highest BCUT2D eigenvalue weighted by Crippen LogP contribution is 2.19. The first-order valence-corrected chi connectivity index (χ1v) is 10.7. The third-order valence-electron chi connectivity index (χ3n) is 3.61. The third-order valence-corrected chi connectivity index (χ3v) is 6.08.